The number of benzene rings is 1. The summed E-state index contributed by atoms with van der Waals surface area (Å²) in [4.78, 5) is 28.0. The molecule has 2 aliphatic heterocycles. The summed E-state index contributed by atoms with van der Waals surface area (Å²) in [6, 6.07) is 6.01. The molecule has 1 aromatic rings. The Labute approximate surface area is 135 Å². The Bertz CT molecular complexity index is 590. The Morgan fingerprint density at radius 1 is 1.35 bits per heavy atom. The molecule has 2 aliphatic rings. The normalized spacial score (nSPS) is 25.0. The number of likely N-dealkylation sites (N-methyl/N-ethyl adjacent to an activating group) is 1. The van der Waals surface area contributed by atoms with Gasteiger partial charge in [0.1, 0.15) is 12.4 Å². The Hall–Kier alpha value is -1.95. The number of hydrogen-bond donors (Lipinski definition) is 0. The van der Waals surface area contributed by atoms with Crippen LogP contribution in [0.3, 0.4) is 0 Å². The van der Waals surface area contributed by atoms with Gasteiger partial charge in [-0.05, 0) is 24.1 Å². The third-order valence-corrected chi connectivity index (χ3v) is 4.79. The zero-order valence-electron chi connectivity index (χ0n) is 13.2. The molecule has 0 spiro atoms. The van der Waals surface area contributed by atoms with E-state index in [0.717, 1.165) is 12.0 Å². The van der Waals surface area contributed by atoms with E-state index >= 15 is 0 Å². The molecule has 2 fully saturated rings. The second-order valence-corrected chi connectivity index (χ2v) is 6.28. The maximum absolute atomic E-state index is 12.9. The number of carbonyl (C=O) groups excluding carboxylic acids is 2. The van der Waals surface area contributed by atoms with Crippen molar-refractivity contribution in [2.24, 2.45) is 5.92 Å². The largest absolute Gasteiger partial charge is 0.371 e. The summed E-state index contributed by atoms with van der Waals surface area (Å²) >= 11 is 0. The lowest BCUT2D eigenvalue weighted by Gasteiger charge is -2.41. The van der Waals surface area contributed by atoms with Crippen LogP contribution in [0.1, 0.15) is 12.0 Å². The summed E-state index contributed by atoms with van der Waals surface area (Å²) in [5.41, 5.74) is 0.798. The van der Waals surface area contributed by atoms with E-state index in [-0.39, 0.29) is 42.6 Å². The summed E-state index contributed by atoms with van der Waals surface area (Å²) in [5.74, 6) is -0.0478. The molecule has 0 aliphatic carbocycles. The van der Waals surface area contributed by atoms with Crippen LogP contribution in [0.25, 0.3) is 0 Å². The number of rotatable bonds is 2. The van der Waals surface area contributed by atoms with Gasteiger partial charge in [0.2, 0.25) is 11.8 Å². The van der Waals surface area contributed by atoms with Gasteiger partial charge in [0, 0.05) is 26.1 Å². The average molecular weight is 320 g/mol. The zero-order chi connectivity index (χ0) is 16.4. The molecule has 0 N–H and O–H groups in total. The van der Waals surface area contributed by atoms with E-state index in [1.165, 1.54) is 12.1 Å². The molecule has 0 radical (unpaired) electrons. The smallest absolute Gasteiger partial charge is 0.248 e. The lowest BCUT2D eigenvalue weighted by atomic mass is 9.91. The molecule has 2 heterocycles. The number of amides is 2. The summed E-state index contributed by atoms with van der Waals surface area (Å²) in [6.07, 6.45) is 1.09. The highest BCUT2D eigenvalue weighted by Crippen LogP contribution is 2.25. The van der Waals surface area contributed by atoms with Gasteiger partial charge in [-0.2, -0.15) is 0 Å². The Balaban J connectivity index is 1.66. The lowest BCUT2D eigenvalue weighted by Crippen LogP contribution is -2.54. The Kier molecular flexibility index (Phi) is 4.61. The van der Waals surface area contributed by atoms with Gasteiger partial charge >= 0.3 is 0 Å². The van der Waals surface area contributed by atoms with Gasteiger partial charge in [-0.25, -0.2) is 4.39 Å². The number of hydrogen-bond acceptors (Lipinski definition) is 3. The fourth-order valence-corrected chi connectivity index (χ4v) is 3.31. The molecule has 2 atom stereocenters. The first-order valence-electron chi connectivity index (χ1n) is 7.90. The van der Waals surface area contributed by atoms with E-state index < -0.39 is 0 Å². The van der Waals surface area contributed by atoms with Crippen molar-refractivity contribution in [3.63, 3.8) is 0 Å². The molecule has 1 aromatic carbocycles. The standard InChI is InChI=1S/C17H21FN2O3/c1-19-15-9-20(7-6-13(15)10-23-11-17(19)22)16(21)8-12-2-4-14(18)5-3-12/h2-5,13,15H,6-11H2,1H3/t13-,15-/m0/s1. The van der Waals surface area contributed by atoms with Gasteiger partial charge in [-0.15, -0.1) is 0 Å². The number of carbonyl (C=O) groups is 2. The fourth-order valence-electron chi connectivity index (χ4n) is 3.31. The molecule has 2 saturated heterocycles. The molecule has 6 heteroatoms. The molecule has 2 amide bonds. The molecule has 0 unspecified atom stereocenters. The minimum atomic E-state index is -0.305. The maximum Gasteiger partial charge on any atom is 0.248 e. The zero-order valence-corrected chi connectivity index (χ0v) is 13.2. The Morgan fingerprint density at radius 2 is 2.09 bits per heavy atom. The van der Waals surface area contributed by atoms with Crippen molar-refractivity contribution in [3.8, 4) is 0 Å². The maximum atomic E-state index is 12.9. The number of piperidine rings is 1. The molecular formula is C17H21FN2O3. The van der Waals surface area contributed by atoms with Crippen molar-refractivity contribution >= 4 is 11.8 Å². The molecule has 3 rings (SSSR count). The number of fused-ring (bicyclic) bond motifs is 1. The minimum absolute atomic E-state index is 0.0101. The van der Waals surface area contributed by atoms with Gasteiger partial charge in [-0.3, -0.25) is 9.59 Å². The van der Waals surface area contributed by atoms with E-state index in [1.807, 2.05) is 0 Å². The quantitative estimate of drug-likeness (QED) is 0.819. The number of nitrogens with zero attached hydrogens (tertiary/aromatic N) is 2. The Morgan fingerprint density at radius 3 is 2.83 bits per heavy atom. The van der Waals surface area contributed by atoms with E-state index in [9.17, 15) is 14.0 Å². The van der Waals surface area contributed by atoms with Crippen LogP contribution in [0.5, 0.6) is 0 Å². The van der Waals surface area contributed by atoms with Gasteiger partial charge in [-0.1, -0.05) is 12.1 Å². The number of halogens is 1. The van der Waals surface area contributed by atoms with Crippen LogP contribution in [0, 0.1) is 11.7 Å². The first-order chi connectivity index (χ1) is 11.0. The van der Waals surface area contributed by atoms with E-state index in [2.05, 4.69) is 0 Å². The van der Waals surface area contributed by atoms with Crippen molar-refractivity contribution in [2.45, 2.75) is 18.9 Å². The minimum Gasteiger partial charge on any atom is -0.371 e. The van der Waals surface area contributed by atoms with E-state index in [4.69, 9.17) is 4.74 Å². The number of ether oxygens (including phenoxy) is 1. The number of likely N-dealkylation sites (tertiary alicyclic amines) is 1. The van der Waals surface area contributed by atoms with Crippen molar-refractivity contribution in [2.75, 3.05) is 33.4 Å². The van der Waals surface area contributed by atoms with Crippen LogP contribution in [0.2, 0.25) is 0 Å². The molecule has 5 nitrogen and oxygen atoms in total. The SMILES string of the molecule is CN1C(=O)COC[C@@H]2CCN(C(=O)Cc3ccc(F)cc3)C[C@@H]21. The highest BCUT2D eigenvalue weighted by molar-refractivity contribution is 5.80. The third-order valence-electron chi connectivity index (χ3n) is 4.79. The fraction of sp³-hybridized carbons (Fsp3) is 0.529. The molecule has 124 valence electrons. The highest BCUT2D eigenvalue weighted by atomic mass is 19.1. The summed E-state index contributed by atoms with van der Waals surface area (Å²) in [5, 5.41) is 0. The summed E-state index contributed by atoms with van der Waals surface area (Å²) < 4.78 is 18.4. The van der Waals surface area contributed by atoms with Crippen LogP contribution in [-0.2, 0) is 20.7 Å². The predicted molar refractivity (Wildman–Crippen MR) is 82.2 cm³/mol. The second kappa shape index (κ2) is 6.66. The van der Waals surface area contributed by atoms with Crippen LogP contribution < -0.4 is 0 Å². The van der Waals surface area contributed by atoms with Gasteiger partial charge in [0.25, 0.3) is 0 Å². The third kappa shape index (κ3) is 3.52. The molecule has 0 bridgehead atoms. The highest BCUT2D eigenvalue weighted by Gasteiger charge is 2.37. The van der Waals surface area contributed by atoms with Gasteiger partial charge in [0.15, 0.2) is 0 Å². The van der Waals surface area contributed by atoms with Crippen LogP contribution >= 0.6 is 0 Å². The van der Waals surface area contributed by atoms with Crippen LogP contribution in [0.15, 0.2) is 24.3 Å². The molecule has 0 saturated carbocycles. The van der Waals surface area contributed by atoms with Gasteiger partial charge < -0.3 is 14.5 Å². The lowest BCUT2D eigenvalue weighted by molar-refractivity contribution is -0.138. The van der Waals surface area contributed by atoms with E-state index in [1.54, 1.807) is 29.0 Å². The summed E-state index contributed by atoms with van der Waals surface area (Å²) in [7, 11) is 1.78. The molecular weight excluding hydrogens is 299 g/mol. The van der Waals surface area contributed by atoms with Crippen LogP contribution in [0.4, 0.5) is 4.39 Å². The first kappa shape index (κ1) is 15.9. The average Bonchev–Trinajstić information content (AvgIpc) is 2.69. The van der Waals surface area contributed by atoms with E-state index in [0.29, 0.717) is 19.7 Å². The van der Waals surface area contributed by atoms with Crippen molar-refractivity contribution < 1.29 is 18.7 Å². The summed E-state index contributed by atoms with van der Waals surface area (Å²) in [6.45, 7) is 1.90. The topological polar surface area (TPSA) is 49.9 Å². The monoisotopic (exact) mass is 320 g/mol. The first-order valence-corrected chi connectivity index (χ1v) is 7.90. The molecule has 0 aromatic heterocycles. The van der Waals surface area contributed by atoms with Gasteiger partial charge in [0.05, 0.1) is 19.1 Å². The van der Waals surface area contributed by atoms with Crippen molar-refractivity contribution in [1.29, 1.82) is 0 Å². The van der Waals surface area contributed by atoms with Crippen molar-refractivity contribution in [3.05, 3.63) is 35.6 Å². The molecule has 23 heavy (non-hydrogen) atoms. The second-order valence-electron chi connectivity index (χ2n) is 6.28. The van der Waals surface area contributed by atoms with Crippen LogP contribution in [-0.4, -0.2) is 61.0 Å². The van der Waals surface area contributed by atoms with Crippen molar-refractivity contribution in [1.82, 2.24) is 9.80 Å². The predicted octanol–water partition coefficient (Wildman–Crippen LogP) is 1.07.